The zero-order valence-corrected chi connectivity index (χ0v) is 13.5. The molecule has 1 aromatic rings. The molecule has 4 nitrogen and oxygen atoms in total. The van der Waals surface area contributed by atoms with Gasteiger partial charge in [-0.15, -0.1) is 0 Å². The fourth-order valence-corrected chi connectivity index (χ4v) is 2.60. The van der Waals surface area contributed by atoms with Gasteiger partial charge in [0, 0.05) is 31.5 Å². The first-order valence-electron chi connectivity index (χ1n) is 8.04. The van der Waals surface area contributed by atoms with Crippen LogP contribution in [0.2, 0.25) is 0 Å². The number of aromatic nitrogens is 1. The van der Waals surface area contributed by atoms with Crippen LogP contribution >= 0.6 is 0 Å². The summed E-state index contributed by atoms with van der Waals surface area (Å²) in [7, 11) is 0. The number of hydrogen-bond acceptors (Lipinski definition) is 4. The molecule has 1 aromatic heterocycles. The molecule has 2 rings (SSSR count). The van der Waals surface area contributed by atoms with E-state index >= 15 is 0 Å². The molecule has 1 aliphatic heterocycles. The number of hydrogen-bond donors (Lipinski definition) is 2. The fraction of sp³-hybridized carbons (Fsp3) is 0.706. The maximum absolute atomic E-state index is 10.3. The van der Waals surface area contributed by atoms with Crippen LogP contribution in [0.25, 0.3) is 0 Å². The standard InChI is InChI=1S/C17H29N3O/c1-14(2)17(3,21)13-19-16-6-10-20(11-7-16)12-15-4-8-18-9-5-15/h4-5,8-9,14,16,19,21H,6-7,10-13H2,1-3H3. The molecular formula is C17H29N3O. The van der Waals surface area contributed by atoms with Crippen molar-refractivity contribution < 1.29 is 5.11 Å². The van der Waals surface area contributed by atoms with Crippen LogP contribution in [0.15, 0.2) is 24.5 Å². The summed E-state index contributed by atoms with van der Waals surface area (Å²) in [6.07, 6.45) is 6.02. The Morgan fingerprint density at radius 2 is 1.95 bits per heavy atom. The first kappa shape index (κ1) is 16.4. The van der Waals surface area contributed by atoms with Gasteiger partial charge in [-0.3, -0.25) is 9.88 Å². The second-order valence-corrected chi connectivity index (χ2v) is 6.80. The Labute approximate surface area is 128 Å². The average molecular weight is 291 g/mol. The van der Waals surface area contributed by atoms with E-state index in [-0.39, 0.29) is 5.92 Å². The lowest BCUT2D eigenvalue weighted by atomic mass is 9.92. The van der Waals surface area contributed by atoms with E-state index in [1.165, 1.54) is 5.56 Å². The maximum Gasteiger partial charge on any atom is 0.0766 e. The highest BCUT2D eigenvalue weighted by Gasteiger charge is 2.27. The quantitative estimate of drug-likeness (QED) is 0.842. The lowest BCUT2D eigenvalue weighted by Gasteiger charge is -2.35. The topological polar surface area (TPSA) is 48.4 Å². The third kappa shape index (κ3) is 5.06. The van der Waals surface area contributed by atoms with Crippen LogP contribution in [0.4, 0.5) is 0 Å². The second kappa shape index (κ2) is 7.34. The molecule has 0 amide bonds. The lowest BCUT2D eigenvalue weighted by Crippen LogP contribution is -2.49. The van der Waals surface area contributed by atoms with Crippen molar-refractivity contribution in [2.45, 2.75) is 51.8 Å². The van der Waals surface area contributed by atoms with Crippen LogP contribution in [-0.2, 0) is 6.54 Å². The van der Waals surface area contributed by atoms with Gasteiger partial charge in [-0.2, -0.15) is 0 Å². The van der Waals surface area contributed by atoms with Crippen molar-refractivity contribution in [3.63, 3.8) is 0 Å². The minimum absolute atomic E-state index is 0.275. The minimum atomic E-state index is -0.617. The SMILES string of the molecule is CC(C)C(C)(O)CNC1CCN(Cc2ccncc2)CC1. The van der Waals surface area contributed by atoms with Gasteiger partial charge in [0.1, 0.15) is 0 Å². The highest BCUT2D eigenvalue weighted by atomic mass is 16.3. The van der Waals surface area contributed by atoms with Crippen LogP contribution in [0.5, 0.6) is 0 Å². The molecule has 0 saturated carbocycles. The first-order chi connectivity index (χ1) is 9.97. The molecule has 1 fully saturated rings. The predicted molar refractivity (Wildman–Crippen MR) is 86.0 cm³/mol. The van der Waals surface area contributed by atoms with Crippen molar-refractivity contribution >= 4 is 0 Å². The molecule has 2 N–H and O–H groups in total. The van der Waals surface area contributed by atoms with E-state index in [0.717, 1.165) is 32.5 Å². The lowest BCUT2D eigenvalue weighted by molar-refractivity contribution is 0.00955. The van der Waals surface area contributed by atoms with Gasteiger partial charge in [0.05, 0.1) is 5.60 Å². The van der Waals surface area contributed by atoms with Gasteiger partial charge < -0.3 is 10.4 Å². The molecule has 1 saturated heterocycles. The minimum Gasteiger partial charge on any atom is -0.389 e. The Bertz CT molecular complexity index is 411. The Morgan fingerprint density at radius 3 is 2.52 bits per heavy atom. The van der Waals surface area contributed by atoms with Crippen LogP contribution in [0, 0.1) is 5.92 Å². The normalized spacial score (nSPS) is 20.6. The molecule has 0 radical (unpaired) electrons. The zero-order chi connectivity index (χ0) is 15.3. The monoisotopic (exact) mass is 291 g/mol. The molecule has 21 heavy (non-hydrogen) atoms. The number of rotatable bonds is 6. The van der Waals surface area contributed by atoms with Crippen molar-refractivity contribution in [3.05, 3.63) is 30.1 Å². The Hall–Kier alpha value is -0.970. The Morgan fingerprint density at radius 1 is 1.33 bits per heavy atom. The van der Waals surface area contributed by atoms with Crippen molar-refractivity contribution in [1.82, 2.24) is 15.2 Å². The molecule has 2 heterocycles. The largest absolute Gasteiger partial charge is 0.389 e. The van der Waals surface area contributed by atoms with Gasteiger partial charge in [-0.05, 0) is 56.5 Å². The second-order valence-electron chi connectivity index (χ2n) is 6.80. The number of nitrogens with zero attached hydrogens (tertiary/aromatic N) is 2. The average Bonchev–Trinajstić information content (AvgIpc) is 2.47. The highest BCUT2D eigenvalue weighted by molar-refractivity contribution is 5.09. The molecule has 4 heteroatoms. The Balaban J connectivity index is 1.71. The summed E-state index contributed by atoms with van der Waals surface area (Å²) in [5.41, 5.74) is 0.716. The summed E-state index contributed by atoms with van der Waals surface area (Å²) in [4.78, 5) is 6.55. The fourth-order valence-electron chi connectivity index (χ4n) is 2.60. The van der Waals surface area contributed by atoms with Crippen molar-refractivity contribution in [2.75, 3.05) is 19.6 Å². The van der Waals surface area contributed by atoms with E-state index < -0.39 is 5.60 Å². The smallest absolute Gasteiger partial charge is 0.0766 e. The summed E-state index contributed by atoms with van der Waals surface area (Å²) in [6, 6.07) is 4.71. The van der Waals surface area contributed by atoms with E-state index in [1.807, 2.05) is 19.3 Å². The predicted octanol–water partition coefficient (Wildman–Crippen LogP) is 2.04. The zero-order valence-electron chi connectivity index (χ0n) is 13.5. The van der Waals surface area contributed by atoms with Crippen LogP contribution in [-0.4, -0.2) is 46.3 Å². The van der Waals surface area contributed by atoms with Gasteiger partial charge in [0.2, 0.25) is 0 Å². The molecular weight excluding hydrogens is 262 g/mol. The van der Waals surface area contributed by atoms with E-state index in [1.54, 1.807) is 0 Å². The third-order valence-electron chi connectivity index (χ3n) is 4.74. The number of pyridine rings is 1. The van der Waals surface area contributed by atoms with Crippen molar-refractivity contribution in [3.8, 4) is 0 Å². The third-order valence-corrected chi connectivity index (χ3v) is 4.74. The van der Waals surface area contributed by atoms with E-state index in [4.69, 9.17) is 0 Å². The summed E-state index contributed by atoms with van der Waals surface area (Å²) < 4.78 is 0. The molecule has 0 spiro atoms. The number of aliphatic hydroxyl groups is 1. The van der Waals surface area contributed by atoms with E-state index in [9.17, 15) is 5.11 Å². The maximum atomic E-state index is 10.3. The van der Waals surface area contributed by atoms with Crippen molar-refractivity contribution in [1.29, 1.82) is 0 Å². The van der Waals surface area contributed by atoms with Gasteiger partial charge in [-0.1, -0.05) is 13.8 Å². The van der Waals surface area contributed by atoms with Gasteiger partial charge in [0.15, 0.2) is 0 Å². The molecule has 1 aliphatic rings. The van der Waals surface area contributed by atoms with Crippen LogP contribution in [0.1, 0.15) is 39.2 Å². The van der Waals surface area contributed by atoms with Crippen LogP contribution in [0.3, 0.4) is 0 Å². The summed E-state index contributed by atoms with van der Waals surface area (Å²) >= 11 is 0. The Kier molecular flexibility index (Phi) is 5.73. The molecule has 1 atom stereocenters. The summed E-state index contributed by atoms with van der Waals surface area (Å²) in [6.45, 7) is 9.98. The van der Waals surface area contributed by atoms with Gasteiger partial charge in [-0.25, -0.2) is 0 Å². The van der Waals surface area contributed by atoms with E-state index in [0.29, 0.717) is 12.6 Å². The highest BCUT2D eigenvalue weighted by Crippen LogP contribution is 2.17. The molecule has 0 aliphatic carbocycles. The molecule has 0 aromatic carbocycles. The first-order valence-corrected chi connectivity index (χ1v) is 8.04. The summed E-state index contributed by atoms with van der Waals surface area (Å²) in [5.74, 6) is 0.275. The molecule has 1 unspecified atom stereocenters. The number of nitrogens with one attached hydrogen (secondary N) is 1. The number of likely N-dealkylation sites (tertiary alicyclic amines) is 1. The van der Waals surface area contributed by atoms with Gasteiger partial charge in [0.25, 0.3) is 0 Å². The van der Waals surface area contributed by atoms with Crippen LogP contribution < -0.4 is 5.32 Å². The summed E-state index contributed by atoms with van der Waals surface area (Å²) in [5, 5.41) is 13.8. The molecule has 0 bridgehead atoms. The van der Waals surface area contributed by atoms with E-state index in [2.05, 4.69) is 41.2 Å². The molecule has 118 valence electrons. The number of piperidine rings is 1. The van der Waals surface area contributed by atoms with Crippen molar-refractivity contribution in [2.24, 2.45) is 5.92 Å². The van der Waals surface area contributed by atoms with Gasteiger partial charge >= 0.3 is 0 Å².